The Hall–Kier alpha value is -1.05. The molecule has 0 atom stereocenters. The van der Waals surface area contributed by atoms with Gasteiger partial charge in [0.15, 0.2) is 0 Å². The molecular weight excluding hydrogens is 126 g/mol. The van der Waals surface area contributed by atoms with Gasteiger partial charge in [-0.3, -0.25) is 4.79 Å². The Morgan fingerprint density at radius 2 is 2.10 bits per heavy atom. The van der Waals surface area contributed by atoms with Crippen LogP contribution in [-0.2, 0) is 4.79 Å². The molecule has 54 valence electrons. The number of amides is 1. The van der Waals surface area contributed by atoms with Gasteiger partial charge in [0.1, 0.15) is 0 Å². The molecule has 1 aliphatic carbocycles. The van der Waals surface area contributed by atoms with Crippen molar-refractivity contribution in [3.63, 3.8) is 0 Å². The van der Waals surface area contributed by atoms with E-state index < -0.39 is 0 Å². The molecular formula is C8H11NO. The Bertz CT molecular complexity index is 236. The van der Waals surface area contributed by atoms with Crippen LogP contribution < -0.4 is 5.32 Å². The number of nitrogens with one attached hydrogen (secondary N) is 1. The van der Waals surface area contributed by atoms with E-state index >= 15 is 0 Å². The fourth-order valence-electron chi connectivity index (χ4n) is 0.887. The molecule has 2 heteroatoms. The molecule has 2 nitrogen and oxygen atoms in total. The van der Waals surface area contributed by atoms with Crippen LogP contribution in [0.25, 0.3) is 0 Å². The monoisotopic (exact) mass is 137 g/mol. The Morgan fingerprint density at radius 3 is 2.40 bits per heavy atom. The van der Waals surface area contributed by atoms with Crippen LogP contribution in [0.4, 0.5) is 0 Å². The SMILES string of the molecule is CC(=O)NC1=C(C)C(C)=C1. The molecule has 1 amide bonds. The molecule has 0 saturated heterocycles. The summed E-state index contributed by atoms with van der Waals surface area (Å²) in [5, 5.41) is 2.72. The van der Waals surface area contributed by atoms with Gasteiger partial charge >= 0.3 is 0 Å². The molecule has 0 aromatic carbocycles. The zero-order valence-corrected chi connectivity index (χ0v) is 6.49. The van der Waals surface area contributed by atoms with Crippen LogP contribution in [0.1, 0.15) is 20.8 Å². The second-order valence-corrected chi connectivity index (χ2v) is 2.55. The van der Waals surface area contributed by atoms with Crippen molar-refractivity contribution < 1.29 is 4.79 Å². The van der Waals surface area contributed by atoms with Gasteiger partial charge in [-0.15, -0.1) is 0 Å². The second-order valence-electron chi connectivity index (χ2n) is 2.55. The Kier molecular flexibility index (Phi) is 1.62. The number of carbonyl (C=O) groups is 1. The van der Waals surface area contributed by atoms with Gasteiger partial charge in [-0.05, 0) is 31.1 Å². The maximum atomic E-state index is 10.5. The second kappa shape index (κ2) is 2.29. The van der Waals surface area contributed by atoms with Gasteiger partial charge in [0, 0.05) is 12.6 Å². The third-order valence-corrected chi connectivity index (χ3v) is 1.67. The minimum absolute atomic E-state index is 0.00176. The van der Waals surface area contributed by atoms with Gasteiger partial charge < -0.3 is 5.32 Å². The van der Waals surface area contributed by atoms with Gasteiger partial charge in [-0.25, -0.2) is 0 Å². The highest BCUT2D eigenvalue weighted by atomic mass is 16.1. The molecule has 0 aromatic rings. The van der Waals surface area contributed by atoms with Crippen molar-refractivity contribution in [1.29, 1.82) is 0 Å². The summed E-state index contributed by atoms with van der Waals surface area (Å²) in [6.45, 7) is 5.54. The lowest BCUT2D eigenvalue weighted by Crippen LogP contribution is -2.22. The van der Waals surface area contributed by atoms with E-state index in [2.05, 4.69) is 5.32 Å². The van der Waals surface area contributed by atoms with Crippen LogP contribution in [0.5, 0.6) is 0 Å². The molecule has 0 saturated carbocycles. The fourth-order valence-corrected chi connectivity index (χ4v) is 0.887. The lowest BCUT2D eigenvalue weighted by molar-refractivity contribution is -0.118. The average molecular weight is 137 g/mol. The fraction of sp³-hybridized carbons (Fsp3) is 0.375. The number of carbonyl (C=O) groups excluding carboxylic acids is 1. The smallest absolute Gasteiger partial charge is 0.221 e. The third kappa shape index (κ3) is 1.10. The number of allylic oxidation sites excluding steroid dienone is 3. The molecule has 0 bridgehead atoms. The van der Waals surface area contributed by atoms with Crippen molar-refractivity contribution in [2.45, 2.75) is 20.8 Å². The van der Waals surface area contributed by atoms with Crippen molar-refractivity contribution in [2.75, 3.05) is 0 Å². The summed E-state index contributed by atoms with van der Waals surface area (Å²) in [5.41, 5.74) is 3.41. The van der Waals surface area contributed by atoms with Crippen LogP contribution in [0.2, 0.25) is 0 Å². The molecule has 0 heterocycles. The Morgan fingerprint density at radius 1 is 1.50 bits per heavy atom. The van der Waals surface area contributed by atoms with Crippen LogP contribution in [0.15, 0.2) is 22.9 Å². The summed E-state index contributed by atoms with van der Waals surface area (Å²) >= 11 is 0. The van der Waals surface area contributed by atoms with Gasteiger partial charge in [0.2, 0.25) is 5.91 Å². The summed E-state index contributed by atoms with van der Waals surface area (Å²) < 4.78 is 0. The van der Waals surface area contributed by atoms with Crippen molar-refractivity contribution in [3.05, 3.63) is 22.9 Å². The molecule has 0 spiro atoms. The minimum atomic E-state index is -0.00176. The zero-order valence-electron chi connectivity index (χ0n) is 6.49. The Labute approximate surface area is 60.6 Å². The number of hydrogen-bond acceptors (Lipinski definition) is 1. The lowest BCUT2D eigenvalue weighted by atomic mass is 9.96. The van der Waals surface area contributed by atoms with Crippen molar-refractivity contribution in [3.8, 4) is 0 Å². The van der Waals surface area contributed by atoms with Crippen molar-refractivity contribution >= 4 is 5.91 Å². The summed E-state index contributed by atoms with van der Waals surface area (Å²) in [6, 6.07) is 0. The van der Waals surface area contributed by atoms with E-state index in [9.17, 15) is 4.79 Å². The first-order chi connectivity index (χ1) is 4.61. The molecule has 0 aromatic heterocycles. The highest BCUT2D eigenvalue weighted by molar-refractivity contribution is 5.77. The molecule has 10 heavy (non-hydrogen) atoms. The topological polar surface area (TPSA) is 29.1 Å². The van der Waals surface area contributed by atoms with Gasteiger partial charge in [-0.2, -0.15) is 0 Å². The van der Waals surface area contributed by atoms with Crippen molar-refractivity contribution in [2.24, 2.45) is 0 Å². The lowest BCUT2D eigenvalue weighted by Gasteiger charge is -2.18. The molecule has 1 rings (SSSR count). The van der Waals surface area contributed by atoms with Crippen LogP contribution in [-0.4, -0.2) is 5.91 Å². The highest BCUT2D eigenvalue weighted by Gasteiger charge is 2.11. The van der Waals surface area contributed by atoms with E-state index in [1.54, 1.807) is 0 Å². The first-order valence-corrected chi connectivity index (χ1v) is 3.28. The summed E-state index contributed by atoms with van der Waals surface area (Å²) in [4.78, 5) is 10.5. The van der Waals surface area contributed by atoms with Gasteiger partial charge in [0.05, 0.1) is 0 Å². The van der Waals surface area contributed by atoms with E-state index in [1.165, 1.54) is 18.1 Å². The molecule has 1 aliphatic rings. The quantitative estimate of drug-likeness (QED) is 0.580. The van der Waals surface area contributed by atoms with Crippen LogP contribution in [0.3, 0.4) is 0 Å². The van der Waals surface area contributed by atoms with E-state index in [1.807, 2.05) is 19.9 Å². The Balaban J connectivity index is 2.55. The summed E-state index contributed by atoms with van der Waals surface area (Å²) in [5.74, 6) is -0.00176. The van der Waals surface area contributed by atoms with Crippen molar-refractivity contribution in [1.82, 2.24) is 5.32 Å². The third-order valence-electron chi connectivity index (χ3n) is 1.67. The first-order valence-electron chi connectivity index (χ1n) is 3.28. The minimum Gasteiger partial charge on any atom is -0.326 e. The van der Waals surface area contributed by atoms with Crippen LogP contribution >= 0.6 is 0 Å². The largest absolute Gasteiger partial charge is 0.326 e. The molecule has 0 aliphatic heterocycles. The average Bonchev–Trinajstić information content (AvgIpc) is 1.86. The molecule has 1 N–H and O–H groups in total. The highest BCUT2D eigenvalue weighted by Crippen LogP contribution is 2.23. The molecule has 0 unspecified atom stereocenters. The van der Waals surface area contributed by atoms with Gasteiger partial charge in [-0.1, -0.05) is 0 Å². The number of hydrogen-bond donors (Lipinski definition) is 1. The van der Waals surface area contributed by atoms with E-state index in [-0.39, 0.29) is 5.91 Å². The number of rotatable bonds is 1. The maximum Gasteiger partial charge on any atom is 0.221 e. The van der Waals surface area contributed by atoms with Gasteiger partial charge in [0.25, 0.3) is 0 Å². The molecule has 0 fully saturated rings. The molecule has 0 radical (unpaired) electrons. The summed E-state index contributed by atoms with van der Waals surface area (Å²) in [6.07, 6.45) is 1.97. The summed E-state index contributed by atoms with van der Waals surface area (Å²) in [7, 11) is 0. The van der Waals surface area contributed by atoms with E-state index in [0.717, 1.165) is 5.70 Å². The maximum absolute atomic E-state index is 10.5. The van der Waals surface area contributed by atoms with Crippen LogP contribution in [0, 0.1) is 0 Å². The van der Waals surface area contributed by atoms with E-state index in [4.69, 9.17) is 0 Å². The normalized spacial score (nSPS) is 16.1. The predicted molar refractivity (Wildman–Crippen MR) is 40.3 cm³/mol. The first kappa shape index (κ1) is 7.06. The zero-order chi connectivity index (χ0) is 7.72. The standard InChI is InChI=1S/C8H11NO/c1-5-4-8(6(5)2)9-7(3)10/h4H,1-3H3,(H,9,10). The predicted octanol–water partition coefficient (Wildman–Crippen LogP) is 1.36. The van der Waals surface area contributed by atoms with E-state index in [0.29, 0.717) is 0 Å².